The zero-order valence-electron chi connectivity index (χ0n) is 12.4. The van der Waals surface area contributed by atoms with Gasteiger partial charge in [-0.15, -0.1) is 0 Å². The van der Waals surface area contributed by atoms with E-state index in [9.17, 15) is 0 Å². The fourth-order valence-corrected chi connectivity index (χ4v) is 2.85. The molecule has 19 heavy (non-hydrogen) atoms. The van der Waals surface area contributed by atoms with Crippen molar-refractivity contribution in [1.29, 1.82) is 0 Å². The van der Waals surface area contributed by atoms with Crippen molar-refractivity contribution in [3.05, 3.63) is 29.3 Å². The highest BCUT2D eigenvalue weighted by molar-refractivity contribution is 5.45. The Balaban J connectivity index is 2.37. The highest BCUT2D eigenvalue weighted by Gasteiger charge is 2.42. The maximum atomic E-state index is 6.00. The van der Waals surface area contributed by atoms with Crippen LogP contribution in [0, 0.1) is 0 Å². The molecule has 1 aliphatic heterocycles. The Morgan fingerprint density at radius 1 is 1.32 bits per heavy atom. The quantitative estimate of drug-likeness (QED) is 0.888. The molecule has 2 N–H and O–H groups in total. The third kappa shape index (κ3) is 2.77. The molecular formula is C16H25NO2. The number of hydrogen-bond donors (Lipinski definition) is 1. The molecule has 1 aromatic rings. The molecule has 3 heteroatoms. The summed E-state index contributed by atoms with van der Waals surface area (Å²) in [6.07, 6.45) is 0.935. The maximum absolute atomic E-state index is 6.00. The van der Waals surface area contributed by atoms with E-state index < -0.39 is 0 Å². The molecule has 1 fully saturated rings. The van der Waals surface area contributed by atoms with Crippen LogP contribution in [0.15, 0.2) is 18.2 Å². The van der Waals surface area contributed by atoms with E-state index >= 15 is 0 Å². The lowest BCUT2D eigenvalue weighted by molar-refractivity contribution is -0.0674. The molecule has 1 heterocycles. The van der Waals surface area contributed by atoms with E-state index in [2.05, 4.69) is 39.0 Å². The monoisotopic (exact) mass is 263 g/mol. The van der Waals surface area contributed by atoms with Gasteiger partial charge in [0.05, 0.1) is 20.3 Å². The van der Waals surface area contributed by atoms with E-state index in [0.29, 0.717) is 5.92 Å². The smallest absolute Gasteiger partial charge is 0.123 e. The van der Waals surface area contributed by atoms with E-state index in [1.165, 1.54) is 11.1 Å². The van der Waals surface area contributed by atoms with Gasteiger partial charge in [0.2, 0.25) is 0 Å². The van der Waals surface area contributed by atoms with Crippen LogP contribution in [0.5, 0.6) is 5.75 Å². The second-order valence-electron chi connectivity index (χ2n) is 6.07. The van der Waals surface area contributed by atoms with E-state index in [0.717, 1.165) is 25.4 Å². The molecule has 1 atom stereocenters. The molecule has 0 radical (unpaired) electrons. The summed E-state index contributed by atoms with van der Waals surface area (Å²) in [6.45, 7) is 7.92. The van der Waals surface area contributed by atoms with Gasteiger partial charge < -0.3 is 15.2 Å². The number of rotatable bonds is 5. The SMILES string of the molecule is COc1cc(C(C)C)ccc1C1(CC(C)N)COC1. The van der Waals surface area contributed by atoms with Crippen molar-refractivity contribution in [1.82, 2.24) is 0 Å². The summed E-state index contributed by atoms with van der Waals surface area (Å²) < 4.78 is 11.1. The van der Waals surface area contributed by atoms with E-state index in [1.807, 2.05) is 0 Å². The lowest BCUT2D eigenvalue weighted by Gasteiger charge is -2.43. The zero-order chi connectivity index (χ0) is 14.0. The Kier molecular flexibility index (Phi) is 4.16. The van der Waals surface area contributed by atoms with Crippen molar-refractivity contribution in [3.63, 3.8) is 0 Å². The van der Waals surface area contributed by atoms with Crippen LogP contribution < -0.4 is 10.5 Å². The van der Waals surface area contributed by atoms with Crippen LogP contribution in [0.4, 0.5) is 0 Å². The Bertz CT molecular complexity index is 436. The molecule has 0 amide bonds. The van der Waals surface area contributed by atoms with Gasteiger partial charge in [-0.25, -0.2) is 0 Å². The average Bonchev–Trinajstić information content (AvgIpc) is 2.32. The molecular weight excluding hydrogens is 238 g/mol. The van der Waals surface area contributed by atoms with E-state index in [4.69, 9.17) is 15.2 Å². The van der Waals surface area contributed by atoms with Crippen molar-refractivity contribution < 1.29 is 9.47 Å². The second kappa shape index (κ2) is 5.51. The molecule has 0 aliphatic carbocycles. The molecule has 0 aromatic heterocycles. The molecule has 1 aliphatic rings. The highest BCUT2D eigenvalue weighted by atomic mass is 16.5. The minimum atomic E-state index is 0.0367. The summed E-state index contributed by atoms with van der Waals surface area (Å²) in [5.41, 5.74) is 8.58. The predicted octanol–water partition coefficient (Wildman–Crippen LogP) is 2.82. The molecule has 0 saturated carbocycles. The topological polar surface area (TPSA) is 44.5 Å². The number of nitrogens with two attached hydrogens (primary N) is 1. The maximum Gasteiger partial charge on any atom is 0.123 e. The fraction of sp³-hybridized carbons (Fsp3) is 0.625. The van der Waals surface area contributed by atoms with Crippen molar-refractivity contribution in [2.24, 2.45) is 5.73 Å². The lowest BCUT2D eigenvalue weighted by atomic mass is 9.73. The molecule has 2 rings (SSSR count). The number of methoxy groups -OCH3 is 1. The van der Waals surface area contributed by atoms with Gasteiger partial charge in [0, 0.05) is 17.0 Å². The van der Waals surface area contributed by atoms with Gasteiger partial charge in [-0.2, -0.15) is 0 Å². The first kappa shape index (κ1) is 14.4. The predicted molar refractivity (Wildman–Crippen MR) is 77.8 cm³/mol. The van der Waals surface area contributed by atoms with Gasteiger partial charge in [-0.3, -0.25) is 0 Å². The van der Waals surface area contributed by atoms with Gasteiger partial charge in [0.1, 0.15) is 5.75 Å². The Morgan fingerprint density at radius 3 is 2.42 bits per heavy atom. The number of ether oxygens (including phenoxy) is 2. The van der Waals surface area contributed by atoms with Crippen molar-refractivity contribution in [2.75, 3.05) is 20.3 Å². The Morgan fingerprint density at radius 2 is 2.00 bits per heavy atom. The molecule has 3 nitrogen and oxygen atoms in total. The number of benzene rings is 1. The highest BCUT2D eigenvalue weighted by Crippen LogP contribution is 2.42. The van der Waals surface area contributed by atoms with Gasteiger partial charge in [-0.1, -0.05) is 26.0 Å². The summed E-state index contributed by atoms with van der Waals surface area (Å²) in [5, 5.41) is 0. The van der Waals surface area contributed by atoms with Gasteiger partial charge in [0.25, 0.3) is 0 Å². The summed E-state index contributed by atoms with van der Waals surface area (Å²) >= 11 is 0. The standard InChI is InChI=1S/C16H25NO2/c1-11(2)13-5-6-14(15(7-13)18-4)16(8-12(3)17)9-19-10-16/h5-7,11-12H,8-10,17H2,1-4H3. The van der Waals surface area contributed by atoms with Crippen molar-refractivity contribution in [3.8, 4) is 5.75 Å². The van der Waals surface area contributed by atoms with Crippen molar-refractivity contribution in [2.45, 2.75) is 44.6 Å². The van der Waals surface area contributed by atoms with Gasteiger partial charge >= 0.3 is 0 Å². The van der Waals surface area contributed by atoms with Crippen LogP contribution >= 0.6 is 0 Å². The second-order valence-corrected chi connectivity index (χ2v) is 6.07. The molecule has 1 unspecified atom stereocenters. The van der Waals surface area contributed by atoms with Gasteiger partial charge in [0.15, 0.2) is 0 Å². The van der Waals surface area contributed by atoms with Crippen LogP contribution in [0.1, 0.15) is 44.2 Å². The van der Waals surface area contributed by atoms with Crippen LogP contribution in [0.25, 0.3) is 0 Å². The van der Waals surface area contributed by atoms with Crippen LogP contribution in [0.2, 0.25) is 0 Å². The lowest BCUT2D eigenvalue weighted by Crippen LogP contribution is -2.50. The minimum absolute atomic E-state index is 0.0367. The fourth-order valence-electron chi connectivity index (χ4n) is 2.85. The van der Waals surface area contributed by atoms with Crippen LogP contribution in [-0.4, -0.2) is 26.4 Å². The minimum Gasteiger partial charge on any atom is -0.496 e. The molecule has 0 spiro atoms. The third-order valence-electron chi connectivity index (χ3n) is 3.93. The normalized spacial score (nSPS) is 19.1. The zero-order valence-corrected chi connectivity index (χ0v) is 12.4. The largest absolute Gasteiger partial charge is 0.496 e. The summed E-state index contributed by atoms with van der Waals surface area (Å²) in [6, 6.07) is 6.71. The Labute approximate surface area is 116 Å². The molecule has 106 valence electrons. The number of hydrogen-bond acceptors (Lipinski definition) is 3. The third-order valence-corrected chi connectivity index (χ3v) is 3.93. The molecule has 1 saturated heterocycles. The Hall–Kier alpha value is -1.06. The summed E-state index contributed by atoms with van der Waals surface area (Å²) in [4.78, 5) is 0. The van der Waals surface area contributed by atoms with Crippen LogP contribution in [-0.2, 0) is 10.2 Å². The van der Waals surface area contributed by atoms with Crippen molar-refractivity contribution >= 4 is 0 Å². The van der Waals surface area contributed by atoms with Gasteiger partial charge in [-0.05, 0) is 30.9 Å². The first-order valence-corrected chi connectivity index (χ1v) is 7.00. The van der Waals surface area contributed by atoms with Crippen LogP contribution in [0.3, 0.4) is 0 Å². The van der Waals surface area contributed by atoms with E-state index in [1.54, 1.807) is 7.11 Å². The summed E-state index contributed by atoms with van der Waals surface area (Å²) in [5.74, 6) is 1.47. The summed E-state index contributed by atoms with van der Waals surface area (Å²) in [7, 11) is 1.74. The first-order chi connectivity index (χ1) is 8.98. The molecule has 0 bridgehead atoms. The molecule has 1 aromatic carbocycles. The average molecular weight is 263 g/mol. The van der Waals surface area contributed by atoms with E-state index in [-0.39, 0.29) is 11.5 Å². The first-order valence-electron chi connectivity index (χ1n) is 7.00.